The molecule has 200 valence electrons. The number of aliphatic hydroxyl groups is 1. The first kappa shape index (κ1) is 27.5. The van der Waals surface area contributed by atoms with Crippen LogP contribution in [0.2, 0.25) is 0 Å². The van der Waals surface area contributed by atoms with Gasteiger partial charge in [0.15, 0.2) is 5.67 Å². The van der Waals surface area contributed by atoms with Crippen molar-refractivity contribution in [2.45, 2.75) is 82.1 Å². The third-order valence-electron chi connectivity index (χ3n) is 6.99. The normalized spacial score (nSPS) is 21.4. The van der Waals surface area contributed by atoms with Crippen LogP contribution < -0.4 is 10.6 Å². The van der Waals surface area contributed by atoms with E-state index in [-0.39, 0.29) is 32.4 Å². The summed E-state index contributed by atoms with van der Waals surface area (Å²) >= 11 is 6.04. The fourth-order valence-corrected chi connectivity index (χ4v) is 5.50. The fraction of sp³-hybridized carbons (Fsp3) is 0.538. The first-order valence-corrected chi connectivity index (χ1v) is 13.6. The number of hydrogen-bond acceptors (Lipinski definition) is 7. The molecular formula is C26H33FN4O4S2. The third kappa shape index (κ3) is 5.99. The number of rotatable bonds is 8. The molecule has 2 aliphatic rings. The zero-order chi connectivity index (χ0) is 27.1. The van der Waals surface area contributed by atoms with E-state index in [9.17, 15) is 23.9 Å². The number of amides is 3. The Kier molecular flexibility index (Phi) is 7.69. The fourth-order valence-electron chi connectivity index (χ4n) is 4.52. The van der Waals surface area contributed by atoms with Gasteiger partial charge in [-0.15, -0.1) is 11.3 Å². The molecule has 3 atom stereocenters. The first-order valence-electron chi connectivity index (χ1n) is 12.3. The average Bonchev–Trinajstić information content (AvgIpc) is 3.23. The third-order valence-corrected chi connectivity index (χ3v) is 8.23. The quantitative estimate of drug-likeness (QED) is 0.379. The Balaban J connectivity index is 1.45. The second-order valence-electron chi connectivity index (χ2n) is 10.5. The van der Waals surface area contributed by atoms with Crippen molar-refractivity contribution >= 4 is 41.7 Å². The largest absolute Gasteiger partial charge is 0.391 e. The predicted octanol–water partition coefficient (Wildman–Crippen LogP) is 2.70. The summed E-state index contributed by atoms with van der Waals surface area (Å²) in [6.07, 6.45) is -0.589. The van der Waals surface area contributed by atoms with Crippen molar-refractivity contribution in [2.75, 3.05) is 6.54 Å². The Labute approximate surface area is 225 Å². The standard InChI is InChI=1S/C26H33FN4O4S2/c1-14-9-16(20-15(2)29-13-37-20)5-6-17(14)11-28-22(33)19-10-18(32)12-31(19)23(34)21(25(3,4)36)30-24(35)26(27)7-8-26/h5-6,9,13,18-19,21,32,36H,7-8,10-12H2,1-4H3,(H,28,33)(H,30,35)/t18-,19-,21-/m1/s1. The second-order valence-corrected chi connectivity index (χ2v) is 12.6. The lowest BCUT2D eigenvalue weighted by molar-refractivity contribution is -0.143. The van der Waals surface area contributed by atoms with Crippen LogP contribution in [0.5, 0.6) is 0 Å². The van der Waals surface area contributed by atoms with Gasteiger partial charge in [0.2, 0.25) is 11.8 Å². The van der Waals surface area contributed by atoms with Crippen LogP contribution in [0.15, 0.2) is 23.7 Å². The van der Waals surface area contributed by atoms with Gasteiger partial charge in [0.25, 0.3) is 5.91 Å². The molecular weight excluding hydrogens is 515 g/mol. The van der Waals surface area contributed by atoms with Gasteiger partial charge in [-0.2, -0.15) is 12.6 Å². The molecule has 11 heteroatoms. The van der Waals surface area contributed by atoms with E-state index in [0.29, 0.717) is 0 Å². The summed E-state index contributed by atoms with van der Waals surface area (Å²) in [6, 6.07) is 3.91. The number of alkyl halides is 1. The summed E-state index contributed by atoms with van der Waals surface area (Å²) in [4.78, 5) is 45.7. The lowest BCUT2D eigenvalue weighted by Crippen LogP contribution is -2.60. The maximum absolute atomic E-state index is 14.3. The predicted molar refractivity (Wildman–Crippen MR) is 143 cm³/mol. The molecule has 1 aromatic heterocycles. The number of β-amino-alcohol motifs (C(OH)–C–C–N with tert-alkyl or cyclic N) is 1. The van der Waals surface area contributed by atoms with E-state index in [1.54, 1.807) is 25.2 Å². The van der Waals surface area contributed by atoms with E-state index < -0.39 is 46.3 Å². The van der Waals surface area contributed by atoms with Gasteiger partial charge in [-0.1, -0.05) is 18.2 Å². The van der Waals surface area contributed by atoms with Crippen LogP contribution in [-0.4, -0.2) is 67.9 Å². The molecule has 1 saturated heterocycles. The highest BCUT2D eigenvalue weighted by molar-refractivity contribution is 7.81. The van der Waals surface area contributed by atoms with Gasteiger partial charge in [-0.25, -0.2) is 9.37 Å². The van der Waals surface area contributed by atoms with Crippen LogP contribution in [0.1, 0.15) is 49.9 Å². The van der Waals surface area contributed by atoms with Gasteiger partial charge in [0.1, 0.15) is 12.1 Å². The molecule has 4 rings (SSSR count). The molecule has 1 aromatic carbocycles. The monoisotopic (exact) mass is 548 g/mol. The van der Waals surface area contributed by atoms with Crippen LogP contribution >= 0.6 is 24.0 Å². The van der Waals surface area contributed by atoms with Crippen LogP contribution in [-0.2, 0) is 20.9 Å². The molecule has 2 fully saturated rings. The minimum Gasteiger partial charge on any atom is -0.391 e. The van der Waals surface area contributed by atoms with Crippen molar-refractivity contribution in [1.29, 1.82) is 0 Å². The number of carbonyl (C=O) groups excluding carboxylic acids is 3. The number of aromatic nitrogens is 1. The summed E-state index contributed by atoms with van der Waals surface area (Å²) in [5, 5.41) is 15.7. The van der Waals surface area contributed by atoms with Gasteiger partial charge in [-0.05, 0) is 57.2 Å². The van der Waals surface area contributed by atoms with Crippen molar-refractivity contribution < 1.29 is 23.9 Å². The molecule has 0 bridgehead atoms. The molecule has 0 spiro atoms. The second kappa shape index (κ2) is 10.3. The molecule has 1 aliphatic heterocycles. The zero-order valence-corrected chi connectivity index (χ0v) is 23.1. The molecule has 8 nitrogen and oxygen atoms in total. The average molecular weight is 549 g/mol. The van der Waals surface area contributed by atoms with E-state index in [1.807, 2.05) is 31.5 Å². The first-order chi connectivity index (χ1) is 17.3. The Morgan fingerprint density at radius 1 is 1.32 bits per heavy atom. The number of halogens is 1. The number of aliphatic hydroxyl groups excluding tert-OH is 1. The molecule has 0 unspecified atom stereocenters. The maximum Gasteiger partial charge on any atom is 0.258 e. The minimum atomic E-state index is -1.95. The Hall–Kier alpha value is -2.50. The number of thiazole rings is 1. The minimum absolute atomic E-state index is 0.0597. The number of hydrogen-bond donors (Lipinski definition) is 4. The van der Waals surface area contributed by atoms with Crippen molar-refractivity contribution in [3.63, 3.8) is 0 Å². The number of nitrogens with zero attached hydrogens (tertiary/aromatic N) is 2. The molecule has 1 aliphatic carbocycles. The number of likely N-dealkylation sites (tertiary alicyclic amines) is 1. The number of nitrogens with one attached hydrogen (secondary N) is 2. The molecule has 2 aromatic rings. The summed E-state index contributed by atoms with van der Waals surface area (Å²) in [6.45, 7) is 7.40. The molecule has 0 radical (unpaired) electrons. The number of thiol groups is 1. The number of carbonyl (C=O) groups is 3. The van der Waals surface area contributed by atoms with Gasteiger partial charge in [0.05, 0.1) is 22.2 Å². The molecule has 1 saturated carbocycles. The highest BCUT2D eigenvalue weighted by Crippen LogP contribution is 2.40. The molecule has 3 amide bonds. The van der Waals surface area contributed by atoms with Crippen molar-refractivity contribution in [3.8, 4) is 10.4 Å². The topological polar surface area (TPSA) is 112 Å². The molecule has 3 N–H and O–H groups in total. The van der Waals surface area contributed by atoms with E-state index >= 15 is 0 Å². The van der Waals surface area contributed by atoms with Crippen LogP contribution in [0, 0.1) is 13.8 Å². The summed E-state index contributed by atoms with van der Waals surface area (Å²) in [5.41, 5.74) is 3.81. The van der Waals surface area contributed by atoms with Crippen molar-refractivity contribution in [3.05, 3.63) is 40.5 Å². The summed E-state index contributed by atoms with van der Waals surface area (Å²) in [5.74, 6) is -1.83. The van der Waals surface area contributed by atoms with Crippen molar-refractivity contribution in [1.82, 2.24) is 20.5 Å². The smallest absolute Gasteiger partial charge is 0.258 e. The zero-order valence-electron chi connectivity index (χ0n) is 21.4. The lowest BCUT2D eigenvalue weighted by Gasteiger charge is -2.35. The van der Waals surface area contributed by atoms with Crippen molar-refractivity contribution in [2.24, 2.45) is 0 Å². The molecule has 37 heavy (non-hydrogen) atoms. The summed E-state index contributed by atoms with van der Waals surface area (Å²) < 4.78 is 13.3. The summed E-state index contributed by atoms with van der Waals surface area (Å²) in [7, 11) is 0. The number of benzene rings is 1. The highest BCUT2D eigenvalue weighted by Gasteiger charge is 2.53. The Morgan fingerprint density at radius 3 is 2.59 bits per heavy atom. The van der Waals surface area contributed by atoms with Gasteiger partial charge in [-0.3, -0.25) is 14.4 Å². The highest BCUT2D eigenvalue weighted by atomic mass is 32.1. The van der Waals surface area contributed by atoms with E-state index in [0.717, 1.165) is 27.3 Å². The van der Waals surface area contributed by atoms with Crippen LogP contribution in [0.25, 0.3) is 10.4 Å². The lowest BCUT2D eigenvalue weighted by atomic mass is 10.00. The van der Waals surface area contributed by atoms with E-state index in [2.05, 4.69) is 34.3 Å². The van der Waals surface area contributed by atoms with Gasteiger partial charge < -0.3 is 20.6 Å². The molecule has 2 heterocycles. The van der Waals surface area contributed by atoms with Gasteiger partial charge in [0, 0.05) is 24.3 Å². The maximum atomic E-state index is 14.3. The van der Waals surface area contributed by atoms with Gasteiger partial charge >= 0.3 is 0 Å². The van der Waals surface area contributed by atoms with Crippen LogP contribution in [0.4, 0.5) is 4.39 Å². The van der Waals surface area contributed by atoms with Crippen LogP contribution in [0.3, 0.4) is 0 Å². The van der Waals surface area contributed by atoms with E-state index in [1.165, 1.54) is 4.90 Å². The Morgan fingerprint density at radius 2 is 2.03 bits per heavy atom. The Bertz CT molecular complexity index is 1210. The number of aryl methyl sites for hydroxylation is 2. The SMILES string of the molecule is Cc1cc(-c2scnc2C)ccc1CNC(=O)[C@H]1C[C@@H](O)CN1C(=O)[C@@H](NC(=O)C1(F)CC1)C(C)(C)S. The van der Waals surface area contributed by atoms with E-state index in [4.69, 9.17) is 0 Å².